The second kappa shape index (κ2) is 7.40. The van der Waals surface area contributed by atoms with Crippen molar-refractivity contribution in [1.29, 1.82) is 0 Å². The maximum absolute atomic E-state index is 12.7. The van der Waals surface area contributed by atoms with Gasteiger partial charge in [-0.25, -0.2) is 9.36 Å². The maximum atomic E-state index is 12.7. The third-order valence-corrected chi connectivity index (χ3v) is 4.76. The van der Waals surface area contributed by atoms with Gasteiger partial charge in [-0.1, -0.05) is 28.9 Å². The molecule has 0 unspecified atom stereocenters. The molecule has 0 spiro atoms. The highest BCUT2D eigenvalue weighted by Crippen LogP contribution is 2.16. The van der Waals surface area contributed by atoms with Gasteiger partial charge in [0.2, 0.25) is 5.88 Å². The number of aryl methyl sites for hydroxylation is 3. The lowest BCUT2D eigenvalue weighted by Crippen LogP contribution is -2.23. The van der Waals surface area contributed by atoms with Gasteiger partial charge in [0.05, 0.1) is 30.8 Å². The third kappa shape index (κ3) is 3.59. The van der Waals surface area contributed by atoms with Gasteiger partial charge in [0.1, 0.15) is 5.76 Å². The zero-order chi connectivity index (χ0) is 19.7. The number of rotatable bonds is 6. The molecule has 28 heavy (non-hydrogen) atoms. The van der Waals surface area contributed by atoms with Crippen molar-refractivity contribution in [2.45, 2.75) is 26.4 Å². The van der Waals surface area contributed by atoms with Crippen LogP contribution in [0.4, 0.5) is 0 Å². The molecule has 4 aromatic rings. The molecule has 3 aromatic heterocycles. The van der Waals surface area contributed by atoms with Crippen LogP contribution in [-0.4, -0.2) is 29.2 Å². The molecule has 0 amide bonds. The van der Waals surface area contributed by atoms with Crippen molar-refractivity contribution in [2.75, 3.05) is 0 Å². The minimum atomic E-state index is -0.333. The van der Waals surface area contributed by atoms with Crippen molar-refractivity contribution >= 4 is 11.6 Å². The first-order valence-corrected chi connectivity index (χ1v) is 9.07. The molecular formula is C19H18ClN5O3. The van der Waals surface area contributed by atoms with Crippen LogP contribution in [0.1, 0.15) is 16.9 Å². The SMILES string of the molecule is Cc1oncc1Cn1cc(-n2c(O)cn(CCc3cccc(Cl)c3)c2=O)cn1. The van der Waals surface area contributed by atoms with Crippen LogP contribution in [0.15, 0.2) is 58.4 Å². The summed E-state index contributed by atoms with van der Waals surface area (Å²) >= 11 is 6.00. The fourth-order valence-electron chi connectivity index (χ4n) is 3.02. The molecule has 0 saturated carbocycles. The molecule has 0 radical (unpaired) electrons. The van der Waals surface area contributed by atoms with Crippen LogP contribution in [0.2, 0.25) is 5.02 Å². The Morgan fingerprint density at radius 2 is 2.11 bits per heavy atom. The molecule has 144 valence electrons. The lowest BCUT2D eigenvalue weighted by Gasteiger charge is -2.02. The standard InChI is InChI=1S/C19H18ClN5O3/c1-13-15(8-22-28-13)10-24-11-17(9-21-24)25-18(26)12-23(19(25)27)6-5-14-3-2-4-16(20)7-14/h2-4,7-9,11-12,26H,5-6,10H2,1H3. The van der Waals surface area contributed by atoms with Crippen LogP contribution in [0.25, 0.3) is 5.69 Å². The highest BCUT2D eigenvalue weighted by Gasteiger charge is 2.14. The highest BCUT2D eigenvalue weighted by atomic mass is 35.5. The Morgan fingerprint density at radius 1 is 1.25 bits per heavy atom. The van der Waals surface area contributed by atoms with E-state index in [2.05, 4.69) is 10.3 Å². The van der Waals surface area contributed by atoms with E-state index in [1.165, 1.54) is 21.5 Å². The van der Waals surface area contributed by atoms with Crippen molar-refractivity contribution < 1.29 is 9.63 Å². The summed E-state index contributed by atoms with van der Waals surface area (Å²) in [5.41, 5.74) is 2.06. The van der Waals surface area contributed by atoms with E-state index < -0.39 is 0 Å². The molecule has 0 aliphatic heterocycles. The molecule has 4 rings (SSSR count). The topological polar surface area (TPSA) is 91.0 Å². The second-order valence-corrected chi connectivity index (χ2v) is 6.92. The van der Waals surface area contributed by atoms with Gasteiger partial charge in [0, 0.05) is 23.3 Å². The Labute approximate surface area is 165 Å². The summed E-state index contributed by atoms with van der Waals surface area (Å²) in [5.74, 6) is 0.570. The largest absolute Gasteiger partial charge is 0.493 e. The summed E-state index contributed by atoms with van der Waals surface area (Å²) in [5, 5.41) is 18.9. The minimum absolute atomic E-state index is 0.142. The maximum Gasteiger partial charge on any atom is 0.335 e. The molecule has 0 aliphatic rings. The van der Waals surface area contributed by atoms with Gasteiger partial charge in [-0.3, -0.25) is 9.25 Å². The quantitative estimate of drug-likeness (QED) is 0.538. The molecule has 0 atom stereocenters. The van der Waals surface area contributed by atoms with Gasteiger partial charge in [-0.2, -0.15) is 5.10 Å². The van der Waals surface area contributed by atoms with E-state index in [0.29, 0.717) is 36.0 Å². The van der Waals surface area contributed by atoms with E-state index in [4.69, 9.17) is 16.1 Å². The number of hydrogen-bond acceptors (Lipinski definition) is 5. The van der Waals surface area contributed by atoms with Crippen molar-refractivity contribution in [3.05, 3.63) is 81.4 Å². The van der Waals surface area contributed by atoms with E-state index in [-0.39, 0.29) is 11.6 Å². The Balaban J connectivity index is 1.54. The van der Waals surface area contributed by atoms with Crippen LogP contribution in [-0.2, 0) is 19.5 Å². The molecule has 9 heteroatoms. The predicted molar refractivity (Wildman–Crippen MR) is 103 cm³/mol. The van der Waals surface area contributed by atoms with Crippen molar-refractivity contribution in [3.63, 3.8) is 0 Å². The van der Waals surface area contributed by atoms with Gasteiger partial charge in [0.15, 0.2) is 0 Å². The average Bonchev–Trinajstić information content (AvgIpc) is 3.35. The summed E-state index contributed by atoms with van der Waals surface area (Å²) < 4.78 is 9.39. The molecule has 0 saturated heterocycles. The molecular weight excluding hydrogens is 382 g/mol. The number of aromatic hydroxyl groups is 1. The van der Waals surface area contributed by atoms with Gasteiger partial charge in [-0.05, 0) is 31.0 Å². The van der Waals surface area contributed by atoms with E-state index in [1.807, 2.05) is 25.1 Å². The monoisotopic (exact) mass is 399 g/mol. The molecule has 1 N–H and O–H groups in total. The molecule has 8 nitrogen and oxygen atoms in total. The van der Waals surface area contributed by atoms with Crippen LogP contribution in [0.3, 0.4) is 0 Å². The molecule has 3 heterocycles. The lowest BCUT2D eigenvalue weighted by molar-refractivity contribution is 0.395. The Bertz CT molecular complexity index is 1170. The van der Waals surface area contributed by atoms with Crippen LogP contribution in [0.5, 0.6) is 5.88 Å². The van der Waals surface area contributed by atoms with E-state index >= 15 is 0 Å². The van der Waals surface area contributed by atoms with Gasteiger partial charge >= 0.3 is 5.69 Å². The van der Waals surface area contributed by atoms with Crippen LogP contribution in [0, 0.1) is 6.92 Å². The average molecular weight is 400 g/mol. The fraction of sp³-hybridized carbons (Fsp3) is 0.211. The highest BCUT2D eigenvalue weighted by molar-refractivity contribution is 6.30. The molecule has 0 bridgehead atoms. The van der Waals surface area contributed by atoms with E-state index in [9.17, 15) is 9.90 Å². The molecule has 0 fully saturated rings. The lowest BCUT2D eigenvalue weighted by atomic mass is 10.1. The number of hydrogen-bond donors (Lipinski definition) is 1. The number of aromatic nitrogens is 5. The number of benzene rings is 1. The second-order valence-electron chi connectivity index (χ2n) is 6.48. The van der Waals surface area contributed by atoms with Crippen LogP contribution >= 0.6 is 11.6 Å². The summed E-state index contributed by atoms with van der Waals surface area (Å²) in [6, 6.07) is 7.48. The Kier molecular flexibility index (Phi) is 4.79. The summed E-state index contributed by atoms with van der Waals surface area (Å²) in [4.78, 5) is 12.7. The normalized spacial score (nSPS) is 11.2. The van der Waals surface area contributed by atoms with Crippen molar-refractivity contribution in [2.24, 2.45) is 0 Å². The Morgan fingerprint density at radius 3 is 2.86 bits per heavy atom. The van der Waals surface area contributed by atoms with Crippen molar-refractivity contribution in [1.82, 2.24) is 24.1 Å². The number of nitrogens with zero attached hydrogens (tertiary/aromatic N) is 5. The first kappa shape index (κ1) is 18.1. The number of imidazole rings is 1. The predicted octanol–water partition coefficient (Wildman–Crippen LogP) is 2.78. The molecule has 0 aliphatic carbocycles. The minimum Gasteiger partial charge on any atom is -0.493 e. The smallest absolute Gasteiger partial charge is 0.335 e. The van der Waals surface area contributed by atoms with Crippen LogP contribution < -0.4 is 5.69 Å². The van der Waals surface area contributed by atoms with E-state index in [0.717, 1.165) is 11.1 Å². The zero-order valence-electron chi connectivity index (χ0n) is 15.1. The summed E-state index contributed by atoms with van der Waals surface area (Å²) in [6.45, 7) is 2.71. The zero-order valence-corrected chi connectivity index (χ0v) is 15.9. The summed E-state index contributed by atoms with van der Waals surface area (Å²) in [7, 11) is 0. The van der Waals surface area contributed by atoms with Gasteiger partial charge in [-0.15, -0.1) is 0 Å². The van der Waals surface area contributed by atoms with Gasteiger partial charge in [0.25, 0.3) is 0 Å². The third-order valence-electron chi connectivity index (χ3n) is 4.53. The fourth-order valence-corrected chi connectivity index (χ4v) is 3.24. The Hall–Kier alpha value is -3.26. The summed E-state index contributed by atoms with van der Waals surface area (Å²) in [6.07, 6.45) is 6.90. The molecule has 1 aromatic carbocycles. The van der Waals surface area contributed by atoms with Crippen molar-refractivity contribution in [3.8, 4) is 11.6 Å². The first-order chi connectivity index (χ1) is 13.5. The van der Waals surface area contributed by atoms with E-state index in [1.54, 1.807) is 23.1 Å². The number of halogens is 1. The first-order valence-electron chi connectivity index (χ1n) is 8.70. The van der Waals surface area contributed by atoms with Gasteiger partial charge < -0.3 is 9.63 Å².